The molecule has 1 heterocycles. The molecule has 0 atom stereocenters. The Balaban J connectivity index is 0.00000392. The smallest absolute Gasteiger partial charge is 0.191 e. The molecular formula is C20H35IN4O3. The summed E-state index contributed by atoms with van der Waals surface area (Å²) in [5.74, 6) is 2.57. The Morgan fingerprint density at radius 2 is 1.82 bits per heavy atom. The van der Waals surface area contributed by atoms with E-state index in [4.69, 9.17) is 14.2 Å². The van der Waals surface area contributed by atoms with Gasteiger partial charge in [0.15, 0.2) is 5.96 Å². The first-order valence-electron chi connectivity index (χ1n) is 9.91. The van der Waals surface area contributed by atoms with Crippen LogP contribution in [0.15, 0.2) is 29.3 Å². The van der Waals surface area contributed by atoms with Crippen molar-refractivity contribution in [3.8, 4) is 11.5 Å². The number of hydrogen-bond acceptors (Lipinski definition) is 5. The van der Waals surface area contributed by atoms with Crippen LogP contribution in [0.3, 0.4) is 0 Å². The molecule has 1 fully saturated rings. The maximum atomic E-state index is 5.73. The summed E-state index contributed by atoms with van der Waals surface area (Å²) in [5.41, 5.74) is 0. The number of nitrogens with zero attached hydrogens (tertiary/aromatic N) is 2. The zero-order chi connectivity index (χ0) is 19.2. The highest BCUT2D eigenvalue weighted by molar-refractivity contribution is 14.0. The summed E-state index contributed by atoms with van der Waals surface area (Å²) in [6.45, 7) is 10.1. The van der Waals surface area contributed by atoms with Gasteiger partial charge >= 0.3 is 0 Å². The number of ether oxygens (including phenoxy) is 3. The third kappa shape index (κ3) is 10.3. The van der Waals surface area contributed by atoms with Crippen LogP contribution in [0.5, 0.6) is 11.5 Å². The molecule has 160 valence electrons. The van der Waals surface area contributed by atoms with E-state index in [-0.39, 0.29) is 24.0 Å². The van der Waals surface area contributed by atoms with Crippen molar-refractivity contribution in [1.29, 1.82) is 0 Å². The summed E-state index contributed by atoms with van der Waals surface area (Å²) < 4.78 is 16.2. The highest BCUT2D eigenvalue weighted by atomic mass is 127. The van der Waals surface area contributed by atoms with Gasteiger partial charge < -0.3 is 24.8 Å². The van der Waals surface area contributed by atoms with E-state index in [1.165, 1.54) is 0 Å². The van der Waals surface area contributed by atoms with E-state index in [1.807, 2.05) is 24.3 Å². The average molecular weight is 506 g/mol. The van der Waals surface area contributed by atoms with Crippen LogP contribution < -0.4 is 20.1 Å². The summed E-state index contributed by atoms with van der Waals surface area (Å²) in [6.07, 6.45) is 1.97. The molecule has 0 radical (unpaired) electrons. The van der Waals surface area contributed by atoms with Crippen LogP contribution in [0.1, 0.15) is 19.8 Å². The summed E-state index contributed by atoms with van der Waals surface area (Å²) >= 11 is 0. The molecule has 28 heavy (non-hydrogen) atoms. The summed E-state index contributed by atoms with van der Waals surface area (Å²) in [5, 5.41) is 6.70. The highest BCUT2D eigenvalue weighted by Crippen LogP contribution is 2.16. The molecule has 0 saturated carbocycles. The maximum Gasteiger partial charge on any atom is 0.191 e. The SMILES string of the molecule is CCNC(=NCCCOc1ccc(OC)cc1)NCCCN1CCOCC1.I. The van der Waals surface area contributed by atoms with E-state index in [0.717, 1.165) is 82.8 Å². The van der Waals surface area contributed by atoms with Gasteiger partial charge in [-0.3, -0.25) is 9.89 Å². The van der Waals surface area contributed by atoms with Crippen LogP contribution in [0.25, 0.3) is 0 Å². The fourth-order valence-corrected chi connectivity index (χ4v) is 2.79. The lowest BCUT2D eigenvalue weighted by Gasteiger charge is -2.26. The molecule has 0 unspecified atom stereocenters. The quantitative estimate of drug-likeness (QED) is 0.208. The molecule has 0 spiro atoms. The Morgan fingerprint density at radius 1 is 1.11 bits per heavy atom. The van der Waals surface area contributed by atoms with Crippen molar-refractivity contribution in [3.05, 3.63) is 24.3 Å². The lowest BCUT2D eigenvalue weighted by Crippen LogP contribution is -2.40. The second-order valence-corrected chi connectivity index (χ2v) is 6.37. The summed E-state index contributed by atoms with van der Waals surface area (Å²) in [4.78, 5) is 7.07. The monoisotopic (exact) mass is 506 g/mol. The van der Waals surface area contributed by atoms with Crippen molar-refractivity contribution in [1.82, 2.24) is 15.5 Å². The van der Waals surface area contributed by atoms with E-state index < -0.39 is 0 Å². The minimum atomic E-state index is 0. The molecule has 0 aromatic heterocycles. The molecule has 1 saturated heterocycles. The highest BCUT2D eigenvalue weighted by Gasteiger charge is 2.09. The van der Waals surface area contributed by atoms with E-state index in [9.17, 15) is 0 Å². The molecule has 0 bridgehead atoms. The molecule has 1 aliphatic rings. The molecule has 0 amide bonds. The topological polar surface area (TPSA) is 67.4 Å². The van der Waals surface area contributed by atoms with Crippen LogP contribution in [0.4, 0.5) is 0 Å². The van der Waals surface area contributed by atoms with Crippen molar-refractivity contribution in [2.24, 2.45) is 4.99 Å². The predicted molar refractivity (Wildman–Crippen MR) is 124 cm³/mol. The number of halogens is 1. The van der Waals surface area contributed by atoms with Gasteiger partial charge in [-0.1, -0.05) is 0 Å². The molecule has 2 rings (SSSR count). The van der Waals surface area contributed by atoms with Gasteiger partial charge in [-0.15, -0.1) is 24.0 Å². The lowest BCUT2D eigenvalue weighted by atomic mass is 10.3. The molecular weight excluding hydrogens is 471 g/mol. The van der Waals surface area contributed by atoms with Crippen molar-refractivity contribution in [3.63, 3.8) is 0 Å². The van der Waals surface area contributed by atoms with Gasteiger partial charge in [0.05, 0.1) is 26.9 Å². The fourth-order valence-electron chi connectivity index (χ4n) is 2.79. The summed E-state index contributed by atoms with van der Waals surface area (Å²) in [7, 11) is 1.66. The van der Waals surface area contributed by atoms with Crippen molar-refractivity contribution >= 4 is 29.9 Å². The number of morpholine rings is 1. The maximum absolute atomic E-state index is 5.73. The predicted octanol–water partition coefficient (Wildman–Crippen LogP) is 2.36. The average Bonchev–Trinajstić information content (AvgIpc) is 2.72. The van der Waals surface area contributed by atoms with Crippen LogP contribution >= 0.6 is 24.0 Å². The van der Waals surface area contributed by atoms with Crippen molar-refractivity contribution in [2.75, 3.05) is 66.2 Å². The molecule has 1 aromatic carbocycles. The molecule has 1 aromatic rings. The van der Waals surface area contributed by atoms with Crippen LogP contribution in [0, 0.1) is 0 Å². The molecule has 2 N–H and O–H groups in total. The van der Waals surface area contributed by atoms with Gasteiger partial charge in [0.2, 0.25) is 0 Å². The molecule has 1 aliphatic heterocycles. The minimum Gasteiger partial charge on any atom is -0.497 e. The number of methoxy groups -OCH3 is 1. The van der Waals surface area contributed by atoms with E-state index in [0.29, 0.717) is 6.61 Å². The molecule has 8 heteroatoms. The van der Waals surface area contributed by atoms with Gasteiger partial charge in [-0.2, -0.15) is 0 Å². The zero-order valence-electron chi connectivity index (χ0n) is 17.1. The molecule has 0 aliphatic carbocycles. The largest absolute Gasteiger partial charge is 0.497 e. The Labute approximate surface area is 186 Å². The van der Waals surface area contributed by atoms with E-state index in [2.05, 4.69) is 27.4 Å². The number of rotatable bonds is 11. The van der Waals surface area contributed by atoms with Crippen molar-refractivity contribution < 1.29 is 14.2 Å². The zero-order valence-corrected chi connectivity index (χ0v) is 19.4. The normalized spacial score (nSPS) is 14.9. The third-order valence-corrected chi connectivity index (χ3v) is 4.29. The second-order valence-electron chi connectivity index (χ2n) is 6.37. The van der Waals surface area contributed by atoms with Gasteiger partial charge in [0, 0.05) is 39.1 Å². The van der Waals surface area contributed by atoms with E-state index >= 15 is 0 Å². The van der Waals surface area contributed by atoms with Gasteiger partial charge in [0.1, 0.15) is 11.5 Å². The first kappa shape index (κ1) is 24.8. The standard InChI is InChI=1S/C20H34N4O3.HI/c1-3-21-20(22-10-4-12-24-13-16-26-17-14-24)23-11-5-15-27-19-8-6-18(25-2)7-9-19;/h6-9H,3-5,10-17H2,1-2H3,(H2,21,22,23);1H. The first-order chi connectivity index (χ1) is 13.3. The number of nitrogens with one attached hydrogen (secondary N) is 2. The first-order valence-corrected chi connectivity index (χ1v) is 9.91. The van der Waals surface area contributed by atoms with Gasteiger partial charge in [-0.05, 0) is 44.2 Å². The van der Waals surface area contributed by atoms with E-state index in [1.54, 1.807) is 7.11 Å². The number of hydrogen-bond donors (Lipinski definition) is 2. The number of aliphatic imine (C=N–C) groups is 1. The number of benzene rings is 1. The lowest BCUT2D eigenvalue weighted by molar-refractivity contribution is 0.0376. The van der Waals surface area contributed by atoms with Crippen molar-refractivity contribution in [2.45, 2.75) is 19.8 Å². The fraction of sp³-hybridized carbons (Fsp3) is 0.650. The third-order valence-electron chi connectivity index (χ3n) is 4.29. The minimum absolute atomic E-state index is 0. The summed E-state index contributed by atoms with van der Waals surface area (Å²) in [6, 6.07) is 7.64. The van der Waals surface area contributed by atoms with Crippen LogP contribution in [-0.2, 0) is 4.74 Å². The molecule has 7 nitrogen and oxygen atoms in total. The van der Waals surface area contributed by atoms with Gasteiger partial charge in [0.25, 0.3) is 0 Å². The number of guanidine groups is 1. The Kier molecular flexibility index (Phi) is 13.8. The Hall–Kier alpha value is -1.26. The van der Waals surface area contributed by atoms with Crippen LogP contribution in [-0.4, -0.2) is 77.1 Å². The Bertz CT molecular complexity index is 537. The van der Waals surface area contributed by atoms with Crippen LogP contribution in [0.2, 0.25) is 0 Å². The Morgan fingerprint density at radius 3 is 2.50 bits per heavy atom. The van der Waals surface area contributed by atoms with Gasteiger partial charge in [-0.25, -0.2) is 0 Å². The second kappa shape index (κ2) is 15.6.